The number of rotatable bonds is 6. The normalized spacial score (nSPS) is 14.3. The van der Waals surface area contributed by atoms with Crippen LogP contribution in [0.25, 0.3) is 16.7 Å². The van der Waals surface area contributed by atoms with Crippen LogP contribution in [-0.4, -0.2) is 29.7 Å². The Morgan fingerprint density at radius 2 is 2.06 bits per heavy atom. The van der Waals surface area contributed by atoms with Crippen molar-refractivity contribution in [3.63, 3.8) is 0 Å². The van der Waals surface area contributed by atoms with Gasteiger partial charge in [-0.05, 0) is 30.9 Å². The molecule has 172 valence electrons. The van der Waals surface area contributed by atoms with Gasteiger partial charge in [0.15, 0.2) is 11.6 Å². The third kappa shape index (κ3) is 3.69. The van der Waals surface area contributed by atoms with Crippen LogP contribution in [0.2, 0.25) is 5.02 Å². The summed E-state index contributed by atoms with van der Waals surface area (Å²) in [5, 5.41) is 19.8. The molecule has 0 spiro atoms. The highest BCUT2D eigenvalue weighted by Gasteiger charge is 2.37. The number of nitrogens with one attached hydrogen (secondary N) is 2. The molecule has 1 saturated carbocycles. The smallest absolute Gasteiger partial charge is 0.281 e. The van der Waals surface area contributed by atoms with Gasteiger partial charge in [-0.1, -0.05) is 17.7 Å². The molecule has 1 atom stereocenters. The van der Waals surface area contributed by atoms with Crippen LogP contribution < -0.4 is 16.6 Å². The van der Waals surface area contributed by atoms with Crippen molar-refractivity contribution in [2.75, 3.05) is 11.1 Å². The number of nitriles is 1. The van der Waals surface area contributed by atoms with Crippen LogP contribution in [0.4, 0.5) is 20.5 Å². The second-order valence-electron chi connectivity index (χ2n) is 7.74. The summed E-state index contributed by atoms with van der Waals surface area (Å²) in [6.45, 7) is 0. The lowest BCUT2D eigenvalue weighted by molar-refractivity contribution is 0.146. The fraction of sp³-hybridized carbons (Fsp3) is 0.238. The Kier molecular flexibility index (Phi) is 5.33. The summed E-state index contributed by atoms with van der Waals surface area (Å²) < 4.78 is 28.3. The quantitative estimate of drug-likeness (QED) is 0.377. The van der Waals surface area contributed by atoms with E-state index in [-0.39, 0.29) is 33.8 Å². The third-order valence-corrected chi connectivity index (χ3v) is 5.84. The largest absolute Gasteiger partial charge is 0.368 e. The molecule has 1 aromatic carbocycles. The second kappa shape index (κ2) is 8.35. The second-order valence-corrected chi connectivity index (χ2v) is 8.15. The van der Waals surface area contributed by atoms with Gasteiger partial charge in [-0.3, -0.25) is 9.89 Å². The molecule has 0 amide bonds. The molecule has 0 saturated heterocycles. The SMILES string of the molecule is N#Cc1c(N[C@H](c2nc3cccc(Cl)c3c(=O)n2-c2cc[nH]n2)C2CC2)nc(N)nc1C(F)F. The van der Waals surface area contributed by atoms with Crippen LogP contribution in [0, 0.1) is 17.2 Å². The van der Waals surface area contributed by atoms with Crippen LogP contribution in [-0.2, 0) is 0 Å². The zero-order valence-electron chi connectivity index (χ0n) is 17.3. The maximum Gasteiger partial charge on any atom is 0.281 e. The van der Waals surface area contributed by atoms with Crippen LogP contribution in [0.5, 0.6) is 0 Å². The van der Waals surface area contributed by atoms with E-state index in [4.69, 9.17) is 22.3 Å². The van der Waals surface area contributed by atoms with Gasteiger partial charge in [0, 0.05) is 12.3 Å². The summed E-state index contributed by atoms with van der Waals surface area (Å²) in [6, 6.07) is 7.58. The Bertz CT molecular complexity index is 1490. The first-order chi connectivity index (χ1) is 16.4. The van der Waals surface area contributed by atoms with E-state index in [1.165, 1.54) is 4.57 Å². The monoisotopic (exact) mass is 483 g/mol. The maximum atomic E-state index is 13.5. The number of aromatic amines is 1. The van der Waals surface area contributed by atoms with Crippen molar-refractivity contribution in [1.29, 1.82) is 5.26 Å². The molecular formula is C21H16ClF2N9O. The van der Waals surface area contributed by atoms with Crippen molar-refractivity contribution in [2.24, 2.45) is 5.92 Å². The van der Waals surface area contributed by atoms with Crippen molar-refractivity contribution in [3.05, 3.63) is 62.9 Å². The highest BCUT2D eigenvalue weighted by atomic mass is 35.5. The molecule has 1 aliphatic rings. The summed E-state index contributed by atoms with van der Waals surface area (Å²) in [6.07, 6.45) is 0.0935. The van der Waals surface area contributed by atoms with Gasteiger partial charge in [0.1, 0.15) is 23.2 Å². The number of nitrogens with two attached hydrogens (primary N) is 1. The van der Waals surface area contributed by atoms with Crippen molar-refractivity contribution in [2.45, 2.75) is 25.3 Å². The molecule has 1 aliphatic carbocycles. The van der Waals surface area contributed by atoms with E-state index in [2.05, 4.69) is 25.5 Å². The molecule has 13 heteroatoms. The lowest BCUT2D eigenvalue weighted by Gasteiger charge is -2.23. The molecule has 0 unspecified atom stereocenters. The van der Waals surface area contributed by atoms with Crippen molar-refractivity contribution >= 4 is 34.3 Å². The maximum absolute atomic E-state index is 13.5. The minimum absolute atomic E-state index is 0.00791. The number of aromatic nitrogens is 6. The lowest BCUT2D eigenvalue weighted by Crippen LogP contribution is -2.30. The van der Waals surface area contributed by atoms with Crippen LogP contribution in [0.15, 0.2) is 35.3 Å². The molecule has 0 radical (unpaired) electrons. The van der Waals surface area contributed by atoms with Crippen molar-refractivity contribution in [3.8, 4) is 11.9 Å². The van der Waals surface area contributed by atoms with Crippen molar-refractivity contribution < 1.29 is 8.78 Å². The van der Waals surface area contributed by atoms with E-state index >= 15 is 0 Å². The van der Waals surface area contributed by atoms with Gasteiger partial charge in [0.2, 0.25) is 5.95 Å². The van der Waals surface area contributed by atoms with Crippen LogP contribution >= 0.6 is 11.6 Å². The molecule has 0 aliphatic heterocycles. The van der Waals surface area contributed by atoms with E-state index in [9.17, 15) is 18.8 Å². The number of fused-ring (bicyclic) bond motifs is 1. The van der Waals surface area contributed by atoms with Gasteiger partial charge in [-0.2, -0.15) is 15.3 Å². The van der Waals surface area contributed by atoms with E-state index in [0.29, 0.717) is 5.52 Å². The van der Waals surface area contributed by atoms with E-state index in [0.717, 1.165) is 12.8 Å². The van der Waals surface area contributed by atoms with E-state index < -0.39 is 35.2 Å². The standard InChI is InChI=1S/C21H16ClF2N9O/c22-11-2-1-3-12-14(11)20(34)33(13-6-7-27-32-13)19(28-12)15(9-4-5-9)29-18-10(8-25)16(17(23)24)30-21(26)31-18/h1-3,6-7,9,15,17H,4-5H2,(H,27,32)(H3,26,29,30,31)/t15-/m0/s1. The van der Waals surface area contributed by atoms with E-state index in [1.54, 1.807) is 36.5 Å². The van der Waals surface area contributed by atoms with Gasteiger partial charge in [-0.15, -0.1) is 0 Å². The van der Waals surface area contributed by atoms with Crippen LogP contribution in [0.3, 0.4) is 0 Å². The molecule has 0 bridgehead atoms. The minimum atomic E-state index is -3.02. The first kappa shape index (κ1) is 21.7. The Morgan fingerprint density at radius 1 is 1.26 bits per heavy atom. The minimum Gasteiger partial charge on any atom is -0.368 e. The molecule has 4 aromatic rings. The number of nitrogens with zero attached hydrogens (tertiary/aromatic N) is 6. The fourth-order valence-electron chi connectivity index (χ4n) is 3.85. The highest BCUT2D eigenvalue weighted by molar-refractivity contribution is 6.35. The molecule has 3 aromatic heterocycles. The third-order valence-electron chi connectivity index (χ3n) is 5.52. The number of hydrogen-bond donors (Lipinski definition) is 3. The van der Waals surface area contributed by atoms with Gasteiger partial charge >= 0.3 is 0 Å². The summed E-state index contributed by atoms with van der Waals surface area (Å²) in [5.74, 6) is -0.0243. The number of hydrogen-bond acceptors (Lipinski definition) is 8. The molecule has 4 N–H and O–H groups in total. The molecule has 1 fully saturated rings. The zero-order valence-corrected chi connectivity index (χ0v) is 18.1. The first-order valence-electron chi connectivity index (χ1n) is 10.2. The molecule has 34 heavy (non-hydrogen) atoms. The number of nitrogen functional groups attached to an aromatic ring is 1. The summed E-state index contributed by atoms with van der Waals surface area (Å²) in [7, 11) is 0. The molecule has 3 heterocycles. The number of anilines is 2. The lowest BCUT2D eigenvalue weighted by atomic mass is 10.1. The molecular weight excluding hydrogens is 468 g/mol. The summed E-state index contributed by atoms with van der Waals surface area (Å²) in [5.41, 5.74) is 4.37. The van der Waals surface area contributed by atoms with Gasteiger partial charge < -0.3 is 11.1 Å². The summed E-state index contributed by atoms with van der Waals surface area (Å²) in [4.78, 5) is 25.8. The highest BCUT2D eigenvalue weighted by Crippen LogP contribution is 2.43. The number of alkyl halides is 2. The van der Waals surface area contributed by atoms with E-state index in [1.807, 2.05) is 0 Å². The Hall–Kier alpha value is -4.11. The average Bonchev–Trinajstić information content (AvgIpc) is 3.50. The molecule has 5 rings (SSSR count). The molecule has 10 nitrogen and oxygen atoms in total. The fourth-order valence-corrected chi connectivity index (χ4v) is 4.10. The average molecular weight is 484 g/mol. The topological polar surface area (TPSA) is 151 Å². The predicted molar refractivity (Wildman–Crippen MR) is 120 cm³/mol. The Balaban J connectivity index is 1.74. The van der Waals surface area contributed by atoms with Gasteiger partial charge in [-0.25, -0.2) is 23.3 Å². The number of benzene rings is 1. The summed E-state index contributed by atoms with van der Waals surface area (Å²) >= 11 is 6.30. The zero-order chi connectivity index (χ0) is 24.0. The predicted octanol–water partition coefficient (Wildman–Crippen LogP) is 3.51. The Morgan fingerprint density at radius 3 is 2.71 bits per heavy atom. The van der Waals surface area contributed by atoms with Gasteiger partial charge in [0.25, 0.3) is 12.0 Å². The number of halogens is 3. The van der Waals surface area contributed by atoms with Crippen molar-refractivity contribution in [1.82, 2.24) is 29.7 Å². The van der Waals surface area contributed by atoms with Gasteiger partial charge in [0.05, 0.1) is 22.0 Å². The Labute approximate surface area is 195 Å². The number of H-pyrrole nitrogens is 1. The van der Waals surface area contributed by atoms with Crippen LogP contribution in [0.1, 0.15) is 42.4 Å². The first-order valence-corrected chi connectivity index (χ1v) is 10.6.